The summed E-state index contributed by atoms with van der Waals surface area (Å²) in [6.45, 7) is 6.21. The van der Waals surface area contributed by atoms with Gasteiger partial charge in [0, 0.05) is 6.54 Å². The fourth-order valence-corrected chi connectivity index (χ4v) is 3.00. The number of imide groups is 1. The molecule has 5 nitrogen and oxygen atoms in total. The highest BCUT2D eigenvalue weighted by molar-refractivity contribution is 8.18. The third-order valence-corrected chi connectivity index (χ3v) is 4.49. The van der Waals surface area contributed by atoms with E-state index >= 15 is 0 Å². The van der Waals surface area contributed by atoms with Gasteiger partial charge < -0.3 is 9.47 Å². The minimum atomic E-state index is -0.249. The molecule has 1 aliphatic rings. The molecule has 124 valence electrons. The number of hydrogen-bond acceptors (Lipinski definition) is 5. The average molecular weight is 335 g/mol. The number of carbonyl (C=O) groups is 2. The normalized spacial score (nSPS) is 17.7. The number of benzene rings is 1. The van der Waals surface area contributed by atoms with Crippen molar-refractivity contribution < 1.29 is 19.1 Å². The number of nitrogens with zero attached hydrogens (tertiary/aromatic N) is 1. The van der Waals surface area contributed by atoms with Crippen molar-refractivity contribution in [1.82, 2.24) is 4.90 Å². The maximum absolute atomic E-state index is 12.1. The molecule has 6 heteroatoms. The van der Waals surface area contributed by atoms with Gasteiger partial charge in [-0.15, -0.1) is 0 Å². The summed E-state index contributed by atoms with van der Waals surface area (Å²) >= 11 is 0.960. The standard InChI is InChI=1S/C17H21NO4S/c1-5-11(3)22-13-8-7-12(9-14(13)21-4)10-15-16(19)18(6-2)17(20)23-15/h7-11H,5-6H2,1-4H3. The molecule has 1 atom stereocenters. The molecule has 0 radical (unpaired) electrons. The number of amides is 2. The van der Waals surface area contributed by atoms with E-state index < -0.39 is 0 Å². The van der Waals surface area contributed by atoms with Crippen LogP contribution in [0.1, 0.15) is 32.8 Å². The van der Waals surface area contributed by atoms with Crippen LogP contribution in [-0.2, 0) is 4.79 Å². The van der Waals surface area contributed by atoms with Crippen molar-refractivity contribution in [1.29, 1.82) is 0 Å². The molecular formula is C17H21NO4S. The van der Waals surface area contributed by atoms with E-state index in [1.54, 1.807) is 26.2 Å². The Morgan fingerprint density at radius 2 is 2.00 bits per heavy atom. The van der Waals surface area contributed by atoms with Gasteiger partial charge in [0.1, 0.15) is 0 Å². The molecule has 1 aromatic carbocycles. The van der Waals surface area contributed by atoms with Gasteiger partial charge in [-0.25, -0.2) is 0 Å². The Balaban J connectivity index is 2.26. The third-order valence-electron chi connectivity index (χ3n) is 3.58. The summed E-state index contributed by atoms with van der Waals surface area (Å²) in [5, 5.41) is -0.229. The number of rotatable bonds is 6. The molecule has 0 spiro atoms. The quantitative estimate of drug-likeness (QED) is 0.737. The Morgan fingerprint density at radius 1 is 1.26 bits per heavy atom. The zero-order chi connectivity index (χ0) is 17.0. The van der Waals surface area contributed by atoms with Crippen LogP contribution in [0.2, 0.25) is 0 Å². The monoisotopic (exact) mass is 335 g/mol. The van der Waals surface area contributed by atoms with Crippen molar-refractivity contribution >= 4 is 29.0 Å². The van der Waals surface area contributed by atoms with Crippen LogP contribution in [0.3, 0.4) is 0 Å². The molecule has 1 fully saturated rings. The van der Waals surface area contributed by atoms with Crippen LogP contribution in [0.25, 0.3) is 6.08 Å². The van der Waals surface area contributed by atoms with Gasteiger partial charge in [0.05, 0.1) is 18.1 Å². The maximum atomic E-state index is 12.1. The topological polar surface area (TPSA) is 55.8 Å². The first-order chi connectivity index (χ1) is 11.0. The number of ether oxygens (including phenoxy) is 2. The smallest absolute Gasteiger partial charge is 0.293 e. The van der Waals surface area contributed by atoms with Crippen molar-refractivity contribution in [3.8, 4) is 11.5 Å². The van der Waals surface area contributed by atoms with E-state index in [2.05, 4.69) is 6.92 Å². The second-order valence-corrected chi connectivity index (χ2v) is 6.17. The number of thioether (sulfide) groups is 1. The van der Waals surface area contributed by atoms with Crippen LogP contribution in [0.15, 0.2) is 23.1 Å². The van der Waals surface area contributed by atoms with Crippen LogP contribution < -0.4 is 9.47 Å². The lowest BCUT2D eigenvalue weighted by atomic mass is 10.1. The average Bonchev–Trinajstić information content (AvgIpc) is 2.81. The second kappa shape index (κ2) is 7.55. The molecular weight excluding hydrogens is 314 g/mol. The molecule has 1 aromatic rings. The molecule has 1 heterocycles. The van der Waals surface area contributed by atoms with E-state index in [0.717, 1.165) is 23.7 Å². The van der Waals surface area contributed by atoms with Crippen molar-refractivity contribution in [3.63, 3.8) is 0 Å². The molecule has 0 aromatic heterocycles. The van der Waals surface area contributed by atoms with Gasteiger partial charge in [-0.3, -0.25) is 14.5 Å². The summed E-state index contributed by atoms with van der Waals surface area (Å²) in [5.41, 5.74) is 0.792. The van der Waals surface area contributed by atoms with E-state index in [1.165, 1.54) is 4.90 Å². The van der Waals surface area contributed by atoms with E-state index in [4.69, 9.17) is 9.47 Å². The Labute approximate surface area is 140 Å². The number of carbonyl (C=O) groups excluding carboxylic acids is 2. The lowest BCUT2D eigenvalue weighted by Gasteiger charge is -2.15. The van der Waals surface area contributed by atoms with Gasteiger partial charge >= 0.3 is 0 Å². The fraction of sp³-hybridized carbons (Fsp3) is 0.412. The zero-order valence-corrected chi connectivity index (χ0v) is 14.6. The fourth-order valence-electron chi connectivity index (χ4n) is 2.10. The SMILES string of the molecule is CCC(C)Oc1ccc(C=C2SC(=O)N(CC)C2=O)cc1OC. The highest BCUT2D eigenvalue weighted by Crippen LogP contribution is 2.34. The minimum Gasteiger partial charge on any atom is -0.493 e. The molecule has 0 bridgehead atoms. The molecule has 0 aliphatic carbocycles. The molecule has 1 aliphatic heterocycles. The highest BCUT2D eigenvalue weighted by Gasteiger charge is 2.33. The Kier molecular flexibility index (Phi) is 5.71. The van der Waals surface area contributed by atoms with E-state index in [0.29, 0.717) is 22.9 Å². The van der Waals surface area contributed by atoms with Crippen LogP contribution in [-0.4, -0.2) is 35.8 Å². The van der Waals surface area contributed by atoms with Crippen LogP contribution in [0, 0.1) is 0 Å². The van der Waals surface area contributed by atoms with Crippen LogP contribution >= 0.6 is 11.8 Å². The Bertz CT molecular complexity index is 641. The van der Waals surface area contributed by atoms with Crippen molar-refractivity contribution in [2.75, 3.05) is 13.7 Å². The first kappa shape index (κ1) is 17.4. The predicted octanol–water partition coefficient (Wildman–Crippen LogP) is 3.93. The highest BCUT2D eigenvalue weighted by atomic mass is 32.2. The maximum Gasteiger partial charge on any atom is 0.293 e. The first-order valence-corrected chi connectivity index (χ1v) is 8.41. The van der Waals surface area contributed by atoms with Gasteiger partial charge in [-0.05, 0) is 55.8 Å². The zero-order valence-electron chi connectivity index (χ0n) is 13.8. The summed E-state index contributed by atoms with van der Waals surface area (Å²) in [7, 11) is 1.58. The van der Waals surface area contributed by atoms with Gasteiger partial charge in [0.25, 0.3) is 11.1 Å². The Morgan fingerprint density at radius 3 is 2.57 bits per heavy atom. The van der Waals surface area contributed by atoms with E-state index in [9.17, 15) is 9.59 Å². The Hall–Kier alpha value is -1.95. The second-order valence-electron chi connectivity index (χ2n) is 5.17. The van der Waals surface area contributed by atoms with Gasteiger partial charge in [0.2, 0.25) is 0 Å². The van der Waals surface area contributed by atoms with E-state index in [-0.39, 0.29) is 17.3 Å². The largest absolute Gasteiger partial charge is 0.493 e. The lowest BCUT2D eigenvalue weighted by Crippen LogP contribution is -2.27. The van der Waals surface area contributed by atoms with Gasteiger partial charge in [0.15, 0.2) is 11.5 Å². The third kappa shape index (κ3) is 3.88. The predicted molar refractivity (Wildman–Crippen MR) is 91.7 cm³/mol. The molecule has 23 heavy (non-hydrogen) atoms. The van der Waals surface area contributed by atoms with Crippen molar-refractivity contribution in [2.24, 2.45) is 0 Å². The summed E-state index contributed by atoms with van der Waals surface area (Å²) in [4.78, 5) is 25.5. The lowest BCUT2D eigenvalue weighted by molar-refractivity contribution is -0.122. The first-order valence-electron chi connectivity index (χ1n) is 7.60. The summed E-state index contributed by atoms with van der Waals surface area (Å²) in [6.07, 6.45) is 2.70. The molecule has 0 N–H and O–H groups in total. The summed E-state index contributed by atoms with van der Waals surface area (Å²) < 4.78 is 11.2. The van der Waals surface area contributed by atoms with Crippen molar-refractivity contribution in [2.45, 2.75) is 33.3 Å². The summed E-state index contributed by atoms with van der Waals surface area (Å²) in [6, 6.07) is 5.47. The van der Waals surface area contributed by atoms with Gasteiger partial charge in [-0.2, -0.15) is 0 Å². The van der Waals surface area contributed by atoms with E-state index in [1.807, 2.05) is 19.1 Å². The molecule has 1 unspecified atom stereocenters. The molecule has 2 amide bonds. The number of methoxy groups -OCH3 is 1. The van der Waals surface area contributed by atoms with Crippen LogP contribution in [0.5, 0.6) is 11.5 Å². The van der Waals surface area contributed by atoms with Crippen LogP contribution in [0.4, 0.5) is 4.79 Å². The molecule has 1 saturated heterocycles. The number of hydrogen-bond donors (Lipinski definition) is 0. The molecule has 2 rings (SSSR count). The number of likely N-dealkylation sites (N-methyl/N-ethyl adjacent to an activating group) is 1. The summed E-state index contributed by atoms with van der Waals surface area (Å²) in [5.74, 6) is 1.02. The van der Waals surface area contributed by atoms with Gasteiger partial charge in [-0.1, -0.05) is 13.0 Å². The van der Waals surface area contributed by atoms with Crippen molar-refractivity contribution in [3.05, 3.63) is 28.7 Å². The molecule has 0 saturated carbocycles. The minimum absolute atomic E-state index is 0.0933.